The van der Waals surface area contributed by atoms with Gasteiger partial charge in [-0.2, -0.15) is 0 Å². The van der Waals surface area contributed by atoms with Gasteiger partial charge in [-0.25, -0.2) is 9.97 Å². The molecule has 3 aromatic heterocycles. The quantitative estimate of drug-likeness (QED) is 0.470. The molecule has 146 valence electrons. The van der Waals surface area contributed by atoms with E-state index in [0.717, 1.165) is 32.0 Å². The summed E-state index contributed by atoms with van der Waals surface area (Å²) in [6.07, 6.45) is 3.07. The average Bonchev–Trinajstić information content (AvgIpc) is 3.45. The van der Waals surface area contributed by atoms with Crippen LogP contribution in [-0.2, 0) is 0 Å². The highest BCUT2D eigenvalue weighted by molar-refractivity contribution is 7.21. The Kier molecular flexibility index (Phi) is 4.53. The van der Waals surface area contributed by atoms with Crippen molar-refractivity contribution in [2.75, 3.05) is 5.32 Å². The van der Waals surface area contributed by atoms with Gasteiger partial charge in [0.25, 0.3) is 5.91 Å². The molecule has 1 amide bonds. The van der Waals surface area contributed by atoms with E-state index in [9.17, 15) is 4.79 Å². The predicted octanol–water partition coefficient (Wildman–Crippen LogP) is 4.50. The van der Waals surface area contributed by atoms with Crippen LogP contribution < -0.4 is 5.32 Å². The van der Waals surface area contributed by atoms with Crippen LogP contribution in [0.2, 0.25) is 0 Å². The first-order valence-electron chi connectivity index (χ1n) is 9.28. The van der Waals surface area contributed by atoms with Crippen molar-refractivity contribution in [2.24, 2.45) is 0 Å². The van der Waals surface area contributed by atoms with E-state index in [-0.39, 0.29) is 5.91 Å². The van der Waals surface area contributed by atoms with Crippen molar-refractivity contribution in [1.82, 2.24) is 24.7 Å². The summed E-state index contributed by atoms with van der Waals surface area (Å²) >= 11 is 1.64. The van der Waals surface area contributed by atoms with E-state index in [1.54, 1.807) is 34.1 Å². The van der Waals surface area contributed by atoms with E-state index >= 15 is 0 Å². The monoisotopic (exact) mass is 412 g/mol. The van der Waals surface area contributed by atoms with Crippen LogP contribution in [0.5, 0.6) is 0 Å². The Morgan fingerprint density at radius 3 is 2.57 bits per heavy atom. The molecule has 0 aliphatic heterocycles. The van der Waals surface area contributed by atoms with Crippen LogP contribution in [0.3, 0.4) is 0 Å². The Hall–Kier alpha value is -3.91. The molecule has 2 aromatic carbocycles. The number of aromatic nitrogens is 5. The largest absolute Gasteiger partial charge is 0.320 e. The average molecular weight is 412 g/mol. The van der Waals surface area contributed by atoms with Crippen LogP contribution in [0.25, 0.3) is 26.6 Å². The maximum absolute atomic E-state index is 12.8. The summed E-state index contributed by atoms with van der Waals surface area (Å²) in [5.74, 6) is 0.294. The van der Waals surface area contributed by atoms with Crippen molar-refractivity contribution in [3.8, 4) is 16.4 Å². The van der Waals surface area contributed by atoms with Crippen molar-refractivity contribution in [3.05, 3.63) is 84.6 Å². The highest BCUT2D eigenvalue weighted by Gasteiger charge is 2.14. The minimum atomic E-state index is -0.283. The van der Waals surface area contributed by atoms with Gasteiger partial charge in [0.1, 0.15) is 29.2 Å². The second-order valence-corrected chi connectivity index (χ2v) is 7.70. The first kappa shape index (κ1) is 18.1. The van der Waals surface area contributed by atoms with Gasteiger partial charge in [-0.1, -0.05) is 30.3 Å². The number of pyridine rings is 1. The molecule has 0 radical (unpaired) electrons. The smallest absolute Gasteiger partial charge is 0.274 e. The zero-order chi connectivity index (χ0) is 20.5. The van der Waals surface area contributed by atoms with Gasteiger partial charge >= 0.3 is 0 Å². The number of benzene rings is 2. The van der Waals surface area contributed by atoms with Gasteiger partial charge in [-0.3, -0.25) is 9.36 Å². The van der Waals surface area contributed by atoms with Gasteiger partial charge in [0.15, 0.2) is 0 Å². The van der Waals surface area contributed by atoms with Gasteiger partial charge in [-0.05, 0) is 42.8 Å². The van der Waals surface area contributed by atoms with Gasteiger partial charge in [0.2, 0.25) is 0 Å². The summed E-state index contributed by atoms with van der Waals surface area (Å²) in [5.41, 5.74) is 3.97. The van der Waals surface area contributed by atoms with Crippen molar-refractivity contribution in [1.29, 1.82) is 0 Å². The molecule has 0 saturated heterocycles. The number of carbonyl (C=O) groups excluding carboxylic acids is 1. The molecule has 0 unspecified atom stereocenters. The number of hydrogen-bond donors (Lipinski definition) is 1. The molecule has 0 atom stereocenters. The maximum atomic E-state index is 12.8. The van der Waals surface area contributed by atoms with E-state index in [4.69, 9.17) is 4.98 Å². The standard InChI is InChI=1S/C22H16N6OS/c1-14-15(22-27-17-7-2-3-10-19(17)30-22)6-4-8-16(14)26-21(29)18-9-5-11-20(25-18)28-12-23-24-13-28/h2-13H,1H3,(H,26,29). The summed E-state index contributed by atoms with van der Waals surface area (Å²) < 4.78 is 2.78. The second-order valence-electron chi connectivity index (χ2n) is 6.67. The zero-order valence-corrected chi connectivity index (χ0v) is 16.8. The van der Waals surface area contributed by atoms with Crippen molar-refractivity contribution in [3.63, 3.8) is 0 Å². The zero-order valence-electron chi connectivity index (χ0n) is 16.0. The summed E-state index contributed by atoms with van der Waals surface area (Å²) in [6, 6.07) is 19.1. The molecule has 7 nitrogen and oxygen atoms in total. The molecule has 3 heterocycles. The van der Waals surface area contributed by atoms with Crippen LogP contribution in [0.1, 0.15) is 16.1 Å². The number of nitrogens with zero attached hydrogens (tertiary/aromatic N) is 5. The van der Waals surface area contributed by atoms with E-state index in [1.165, 1.54) is 12.7 Å². The molecular weight excluding hydrogens is 396 g/mol. The third-order valence-corrected chi connectivity index (χ3v) is 5.83. The lowest BCUT2D eigenvalue weighted by Crippen LogP contribution is -2.15. The van der Waals surface area contributed by atoms with E-state index in [2.05, 4.69) is 26.6 Å². The number of rotatable bonds is 4. The number of amides is 1. The lowest BCUT2D eigenvalue weighted by atomic mass is 10.1. The normalized spacial score (nSPS) is 11.0. The maximum Gasteiger partial charge on any atom is 0.274 e. The highest BCUT2D eigenvalue weighted by atomic mass is 32.1. The fourth-order valence-electron chi connectivity index (χ4n) is 3.19. The van der Waals surface area contributed by atoms with Crippen LogP contribution in [0, 0.1) is 6.92 Å². The molecule has 0 fully saturated rings. The molecule has 30 heavy (non-hydrogen) atoms. The Morgan fingerprint density at radius 2 is 1.73 bits per heavy atom. The van der Waals surface area contributed by atoms with Crippen molar-refractivity contribution >= 4 is 33.1 Å². The fourth-order valence-corrected chi connectivity index (χ4v) is 4.24. The SMILES string of the molecule is Cc1c(NC(=O)c2cccc(-n3cnnc3)n2)cccc1-c1nc2ccccc2s1. The summed E-state index contributed by atoms with van der Waals surface area (Å²) in [4.78, 5) is 22.0. The summed E-state index contributed by atoms with van der Waals surface area (Å²) in [7, 11) is 0. The third kappa shape index (κ3) is 3.33. The lowest BCUT2D eigenvalue weighted by molar-refractivity contribution is 0.102. The second kappa shape index (κ2) is 7.49. The van der Waals surface area contributed by atoms with E-state index in [1.807, 2.05) is 43.3 Å². The van der Waals surface area contributed by atoms with Crippen molar-refractivity contribution < 1.29 is 4.79 Å². The Morgan fingerprint density at radius 1 is 0.933 bits per heavy atom. The van der Waals surface area contributed by atoms with E-state index < -0.39 is 0 Å². The number of anilines is 1. The molecule has 8 heteroatoms. The molecule has 5 rings (SSSR count). The molecule has 0 spiro atoms. The third-order valence-electron chi connectivity index (χ3n) is 4.76. The molecule has 1 N–H and O–H groups in total. The van der Waals surface area contributed by atoms with Crippen molar-refractivity contribution in [2.45, 2.75) is 6.92 Å². The van der Waals surface area contributed by atoms with Gasteiger partial charge < -0.3 is 5.32 Å². The minimum absolute atomic E-state index is 0.283. The number of para-hydroxylation sites is 1. The summed E-state index contributed by atoms with van der Waals surface area (Å²) in [6.45, 7) is 1.98. The van der Waals surface area contributed by atoms with Gasteiger partial charge in [-0.15, -0.1) is 21.5 Å². The molecule has 0 bridgehead atoms. The molecule has 5 aromatic rings. The predicted molar refractivity (Wildman–Crippen MR) is 117 cm³/mol. The minimum Gasteiger partial charge on any atom is -0.320 e. The van der Waals surface area contributed by atoms with Crippen LogP contribution in [-0.4, -0.2) is 30.6 Å². The molecule has 0 aliphatic rings. The van der Waals surface area contributed by atoms with E-state index in [0.29, 0.717) is 11.5 Å². The summed E-state index contributed by atoms with van der Waals surface area (Å²) in [5, 5.41) is 11.5. The lowest BCUT2D eigenvalue weighted by Gasteiger charge is -2.11. The first-order chi connectivity index (χ1) is 14.7. The number of hydrogen-bond acceptors (Lipinski definition) is 6. The number of carbonyl (C=O) groups is 1. The van der Waals surface area contributed by atoms with Crippen LogP contribution in [0.15, 0.2) is 73.3 Å². The van der Waals surface area contributed by atoms with Gasteiger partial charge in [0.05, 0.1) is 10.2 Å². The number of nitrogens with one attached hydrogen (secondary N) is 1. The highest BCUT2D eigenvalue weighted by Crippen LogP contribution is 2.34. The first-order valence-corrected chi connectivity index (χ1v) is 10.1. The molecule has 0 aliphatic carbocycles. The Labute approximate surface area is 176 Å². The Balaban J connectivity index is 1.45. The number of thiazole rings is 1. The van der Waals surface area contributed by atoms with Crippen LogP contribution >= 0.6 is 11.3 Å². The molecular formula is C22H16N6OS. The Bertz CT molecular complexity index is 1330. The van der Waals surface area contributed by atoms with Gasteiger partial charge in [0, 0.05) is 11.3 Å². The topological polar surface area (TPSA) is 85.6 Å². The fraction of sp³-hybridized carbons (Fsp3) is 0.0455. The van der Waals surface area contributed by atoms with Crippen LogP contribution in [0.4, 0.5) is 5.69 Å². The molecule has 0 saturated carbocycles. The number of fused-ring (bicyclic) bond motifs is 1.